The third kappa shape index (κ3) is 10.1. The minimum Gasteiger partial charge on any atom is -0.442 e. The van der Waals surface area contributed by atoms with Gasteiger partial charge >= 0.3 is 6.09 Å². The van der Waals surface area contributed by atoms with Crippen molar-refractivity contribution in [2.24, 2.45) is 5.41 Å². The van der Waals surface area contributed by atoms with Gasteiger partial charge in [-0.15, -0.1) is 0 Å². The highest BCUT2D eigenvalue weighted by Gasteiger charge is 2.40. The second kappa shape index (κ2) is 10.3. The molecule has 30 heavy (non-hydrogen) atoms. The Morgan fingerprint density at radius 3 is 2.00 bits per heavy atom. The van der Waals surface area contributed by atoms with E-state index in [1.165, 1.54) is 5.06 Å². The highest BCUT2D eigenvalue weighted by molar-refractivity contribution is 7.86. The van der Waals surface area contributed by atoms with Crippen LogP contribution in [-0.2, 0) is 23.6 Å². The van der Waals surface area contributed by atoms with Gasteiger partial charge in [-0.1, -0.05) is 51.1 Å². The van der Waals surface area contributed by atoms with E-state index in [4.69, 9.17) is 13.4 Å². The lowest BCUT2D eigenvalue weighted by atomic mass is 9.85. The average molecular weight is 460 g/mol. The number of hydrogen-bond donors (Lipinski definition) is 0. The molecule has 0 aliphatic carbocycles. The zero-order valence-corrected chi connectivity index (χ0v) is 21.6. The summed E-state index contributed by atoms with van der Waals surface area (Å²) in [6.07, 6.45) is -0.140. The van der Waals surface area contributed by atoms with E-state index in [-0.39, 0.29) is 5.41 Å². The van der Waals surface area contributed by atoms with Gasteiger partial charge in [-0.05, 0) is 51.3 Å². The van der Waals surface area contributed by atoms with E-state index in [0.29, 0.717) is 12.0 Å². The Bertz CT molecular complexity index is 784. The molecule has 0 unspecified atom stereocenters. The Kier molecular flexibility index (Phi) is 9.10. The van der Waals surface area contributed by atoms with Gasteiger partial charge in [-0.25, -0.2) is 4.79 Å². The first kappa shape index (κ1) is 26.6. The molecule has 0 fully saturated rings. The molecular formula is C21H37NO6SSi. The molecule has 0 bridgehead atoms. The van der Waals surface area contributed by atoms with E-state index >= 15 is 0 Å². The number of hydroxylamine groups is 2. The summed E-state index contributed by atoms with van der Waals surface area (Å²) in [6, 6.07) is 8.37. The van der Waals surface area contributed by atoms with Gasteiger partial charge in [0.15, 0.2) is 0 Å². The van der Waals surface area contributed by atoms with Crippen molar-refractivity contribution in [1.82, 2.24) is 5.06 Å². The monoisotopic (exact) mass is 459 g/mol. The molecule has 0 aliphatic rings. The molecule has 0 N–H and O–H groups in total. The molecule has 1 amide bonds. The van der Waals surface area contributed by atoms with Crippen molar-refractivity contribution in [2.45, 2.75) is 78.8 Å². The summed E-state index contributed by atoms with van der Waals surface area (Å²) in [4.78, 5) is 13.1. The molecule has 1 aromatic carbocycles. The maximum absolute atomic E-state index is 13.1. The first-order valence-corrected chi connectivity index (χ1v) is 14.7. The Labute approximate surface area is 183 Å². The minimum atomic E-state index is -3.79. The van der Waals surface area contributed by atoms with Gasteiger partial charge in [0.1, 0.15) is 17.7 Å². The third-order valence-corrected chi connectivity index (χ3v) is 5.00. The molecular weight excluding hydrogens is 422 g/mol. The van der Waals surface area contributed by atoms with Crippen molar-refractivity contribution >= 4 is 25.3 Å². The highest BCUT2D eigenvalue weighted by atomic mass is 32.2. The largest absolute Gasteiger partial charge is 0.442 e. The van der Waals surface area contributed by atoms with Crippen LogP contribution in [0, 0.1) is 5.41 Å². The van der Waals surface area contributed by atoms with Crippen LogP contribution in [-0.4, -0.2) is 46.6 Å². The zero-order chi connectivity index (χ0) is 23.3. The van der Waals surface area contributed by atoms with Crippen molar-refractivity contribution in [2.75, 3.05) is 6.26 Å². The molecule has 0 spiro atoms. The maximum Gasteiger partial charge on any atom is 0.434 e. The SMILES string of the molecule is C[SiH](C)ON(C(=O)OC(C)(C)C)[C@H](c1ccccc1)[C@H](CC(C)(C)C)OS(C)(=O)=O. The smallest absolute Gasteiger partial charge is 0.434 e. The lowest BCUT2D eigenvalue weighted by Gasteiger charge is -2.39. The van der Waals surface area contributed by atoms with Gasteiger partial charge in [0, 0.05) is 0 Å². The summed E-state index contributed by atoms with van der Waals surface area (Å²) in [5.41, 5.74) is -0.302. The lowest BCUT2D eigenvalue weighted by molar-refractivity contribution is -0.126. The van der Waals surface area contributed by atoms with Crippen LogP contribution in [0.25, 0.3) is 0 Å². The molecule has 172 valence electrons. The Morgan fingerprint density at radius 1 is 1.07 bits per heavy atom. The predicted molar refractivity (Wildman–Crippen MR) is 121 cm³/mol. The van der Waals surface area contributed by atoms with E-state index in [1.54, 1.807) is 20.8 Å². The van der Waals surface area contributed by atoms with E-state index in [0.717, 1.165) is 6.26 Å². The Hall–Kier alpha value is -1.42. The second-order valence-electron chi connectivity index (χ2n) is 9.92. The van der Waals surface area contributed by atoms with Crippen molar-refractivity contribution < 1.29 is 26.7 Å². The number of carbonyl (C=O) groups excluding carboxylic acids is 1. The fraction of sp³-hybridized carbons (Fsp3) is 0.667. The van der Waals surface area contributed by atoms with Crippen LogP contribution in [0.1, 0.15) is 59.6 Å². The van der Waals surface area contributed by atoms with Crippen LogP contribution in [0.5, 0.6) is 0 Å². The normalized spacial score (nSPS) is 15.0. The molecule has 0 aromatic heterocycles. The molecule has 1 rings (SSSR count). The molecule has 0 aliphatic heterocycles. The Morgan fingerprint density at radius 2 is 1.60 bits per heavy atom. The molecule has 7 nitrogen and oxygen atoms in total. The van der Waals surface area contributed by atoms with Crippen molar-refractivity contribution in [3.63, 3.8) is 0 Å². The van der Waals surface area contributed by atoms with Crippen LogP contribution < -0.4 is 0 Å². The number of benzene rings is 1. The number of hydrogen-bond acceptors (Lipinski definition) is 6. The van der Waals surface area contributed by atoms with Gasteiger partial charge in [0.25, 0.3) is 10.1 Å². The van der Waals surface area contributed by atoms with E-state index in [1.807, 2.05) is 64.2 Å². The van der Waals surface area contributed by atoms with Crippen LogP contribution in [0.3, 0.4) is 0 Å². The molecule has 0 saturated heterocycles. The summed E-state index contributed by atoms with van der Waals surface area (Å²) >= 11 is 0. The van der Waals surface area contributed by atoms with Crippen LogP contribution in [0.4, 0.5) is 4.79 Å². The van der Waals surface area contributed by atoms with Gasteiger partial charge < -0.3 is 9.26 Å². The van der Waals surface area contributed by atoms with Gasteiger partial charge in [-0.2, -0.15) is 13.5 Å². The van der Waals surface area contributed by atoms with Crippen LogP contribution >= 0.6 is 0 Å². The summed E-state index contributed by atoms with van der Waals surface area (Å²) in [6.45, 7) is 15.1. The number of amides is 1. The molecule has 2 atom stereocenters. The van der Waals surface area contributed by atoms with Crippen molar-refractivity contribution in [3.8, 4) is 0 Å². The first-order chi connectivity index (χ1) is 13.5. The zero-order valence-electron chi connectivity index (χ0n) is 19.6. The van der Waals surface area contributed by atoms with Crippen LogP contribution in [0.15, 0.2) is 30.3 Å². The second-order valence-corrected chi connectivity index (χ2v) is 13.8. The lowest BCUT2D eigenvalue weighted by Crippen LogP contribution is -2.47. The topological polar surface area (TPSA) is 82.1 Å². The standard InChI is InChI=1S/C21H37NO6SSi/c1-20(2,3)15-17(27-29(7,24)25)18(16-13-11-10-12-14-16)22(28-30(8)9)19(23)26-21(4,5)6/h10-14,17-18,30H,15H2,1-9H3/t17-,18+/m0/s1. The Balaban J connectivity index is 3.59. The van der Waals surface area contributed by atoms with E-state index in [9.17, 15) is 13.2 Å². The highest BCUT2D eigenvalue weighted by Crippen LogP contribution is 2.36. The number of ether oxygens (including phenoxy) is 1. The molecule has 1 aromatic rings. The minimum absolute atomic E-state index is 0.267. The van der Waals surface area contributed by atoms with E-state index in [2.05, 4.69) is 0 Å². The third-order valence-electron chi connectivity index (χ3n) is 3.76. The summed E-state index contributed by atoms with van der Waals surface area (Å²) in [5.74, 6) is 0. The summed E-state index contributed by atoms with van der Waals surface area (Å²) < 4.78 is 41.4. The van der Waals surface area contributed by atoms with Gasteiger partial charge in [0.2, 0.25) is 9.04 Å². The van der Waals surface area contributed by atoms with Crippen molar-refractivity contribution in [3.05, 3.63) is 35.9 Å². The number of rotatable bonds is 8. The van der Waals surface area contributed by atoms with Crippen molar-refractivity contribution in [1.29, 1.82) is 0 Å². The number of nitrogens with zero attached hydrogens (tertiary/aromatic N) is 1. The van der Waals surface area contributed by atoms with Crippen LogP contribution in [0.2, 0.25) is 13.1 Å². The molecule has 0 heterocycles. The summed E-state index contributed by atoms with van der Waals surface area (Å²) in [7, 11) is -5.55. The molecule has 9 heteroatoms. The maximum atomic E-state index is 13.1. The van der Waals surface area contributed by atoms with Gasteiger partial charge in [0.05, 0.1) is 6.26 Å². The molecule has 0 radical (unpaired) electrons. The first-order valence-electron chi connectivity index (χ1n) is 10.1. The fourth-order valence-electron chi connectivity index (χ4n) is 2.93. The average Bonchev–Trinajstić information content (AvgIpc) is 2.50. The quantitative estimate of drug-likeness (QED) is 0.319. The van der Waals surface area contributed by atoms with E-state index < -0.39 is 43.0 Å². The molecule has 0 saturated carbocycles. The van der Waals surface area contributed by atoms with Gasteiger partial charge in [-0.3, -0.25) is 4.18 Å². The predicted octanol–water partition coefficient (Wildman–Crippen LogP) is 4.66. The number of carbonyl (C=O) groups is 1. The fourth-order valence-corrected chi connectivity index (χ4v) is 4.23. The summed E-state index contributed by atoms with van der Waals surface area (Å²) in [5, 5.41) is 1.18.